The van der Waals surface area contributed by atoms with Crippen molar-refractivity contribution in [3.05, 3.63) is 35.9 Å². The van der Waals surface area contributed by atoms with E-state index in [1.165, 1.54) is 7.05 Å². The summed E-state index contributed by atoms with van der Waals surface area (Å²) in [6, 6.07) is 8.74. The quantitative estimate of drug-likeness (QED) is 0.613. The maximum absolute atomic E-state index is 11.6. The van der Waals surface area contributed by atoms with Gasteiger partial charge in [-0.3, -0.25) is 14.5 Å². The molecular weight excluding hydrogens is 218 g/mol. The molecule has 0 fully saturated rings. The Bertz CT molecular complexity index is 437. The largest absolute Gasteiger partial charge is 0.352 e. The number of rotatable bonds is 4. The normalized spacial score (nSPS) is 9.18. The molecule has 0 aromatic heterocycles. The van der Waals surface area contributed by atoms with Crippen LogP contribution in [-0.2, 0) is 4.79 Å². The third-order valence-electron chi connectivity index (χ3n) is 2.18. The number of carbonyl (C=O) groups excluding carboxylic acids is 2. The van der Waals surface area contributed by atoms with Gasteiger partial charge in [0.15, 0.2) is 6.19 Å². The van der Waals surface area contributed by atoms with Crippen LogP contribution in [0.4, 0.5) is 0 Å². The van der Waals surface area contributed by atoms with Gasteiger partial charge in [0.2, 0.25) is 5.91 Å². The minimum absolute atomic E-state index is 0.114. The molecular formula is C12H13N3O2. The van der Waals surface area contributed by atoms with Gasteiger partial charge in [-0.15, -0.1) is 0 Å². The molecule has 1 aromatic carbocycles. The molecule has 0 radical (unpaired) electrons. The average molecular weight is 231 g/mol. The van der Waals surface area contributed by atoms with E-state index >= 15 is 0 Å². The van der Waals surface area contributed by atoms with Crippen molar-refractivity contribution in [3.8, 4) is 6.19 Å². The number of amides is 2. The van der Waals surface area contributed by atoms with Crippen LogP contribution in [0.3, 0.4) is 0 Å². The molecule has 5 heteroatoms. The van der Waals surface area contributed by atoms with E-state index in [-0.39, 0.29) is 24.8 Å². The number of nitriles is 1. The first-order valence-electron chi connectivity index (χ1n) is 5.14. The van der Waals surface area contributed by atoms with Gasteiger partial charge in [0.1, 0.15) is 0 Å². The van der Waals surface area contributed by atoms with E-state index in [2.05, 4.69) is 5.32 Å². The van der Waals surface area contributed by atoms with E-state index in [1.807, 2.05) is 6.07 Å². The summed E-state index contributed by atoms with van der Waals surface area (Å²) in [7, 11) is 1.39. The van der Waals surface area contributed by atoms with Gasteiger partial charge in [-0.2, -0.15) is 5.26 Å². The van der Waals surface area contributed by atoms with E-state index in [0.717, 1.165) is 4.90 Å². The predicted molar refractivity (Wildman–Crippen MR) is 61.8 cm³/mol. The second kappa shape index (κ2) is 6.28. The maximum atomic E-state index is 11.6. The summed E-state index contributed by atoms with van der Waals surface area (Å²) in [4.78, 5) is 23.7. The molecule has 1 aromatic rings. The lowest BCUT2D eigenvalue weighted by atomic mass is 10.2. The number of nitrogens with zero attached hydrogens (tertiary/aromatic N) is 2. The zero-order valence-corrected chi connectivity index (χ0v) is 9.51. The Morgan fingerprint density at radius 2 is 2.00 bits per heavy atom. The molecule has 17 heavy (non-hydrogen) atoms. The molecule has 0 atom stereocenters. The summed E-state index contributed by atoms with van der Waals surface area (Å²) in [6.45, 7) is 0.221. The highest BCUT2D eigenvalue weighted by molar-refractivity contribution is 5.94. The van der Waals surface area contributed by atoms with Crippen LogP contribution in [0.25, 0.3) is 0 Å². The zero-order chi connectivity index (χ0) is 12.7. The van der Waals surface area contributed by atoms with Crippen LogP contribution in [-0.4, -0.2) is 30.3 Å². The Balaban J connectivity index is 2.36. The van der Waals surface area contributed by atoms with Crippen molar-refractivity contribution < 1.29 is 9.59 Å². The molecule has 1 rings (SSSR count). The smallest absolute Gasteiger partial charge is 0.251 e. The standard InChI is InChI=1S/C12H13N3O2/c1-15(9-13)11(16)7-8-14-12(17)10-5-3-2-4-6-10/h2-6H,7-8H2,1H3,(H,14,17). The van der Waals surface area contributed by atoms with Crippen LogP contribution < -0.4 is 5.32 Å². The third-order valence-corrected chi connectivity index (χ3v) is 2.18. The van der Waals surface area contributed by atoms with Crippen molar-refractivity contribution in [1.82, 2.24) is 10.2 Å². The van der Waals surface area contributed by atoms with E-state index in [4.69, 9.17) is 5.26 Å². The summed E-state index contributed by atoms with van der Waals surface area (Å²) in [6.07, 6.45) is 1.82. The number of nitrogens with one attached hydrogen (secondary N) is 1. The first-order chi connectivity index (χ1) is 8.15. The summed E-state index contributed by atoms with van der Waals surface area (Å²) in [5.41, 5.74) is 0.550. The van der Waals surface area contributed by atoms with Gasteiger partial charge in [-0.25, -0.2) is 0 Å². The Labute approximate surface area is 99.6 Å². The summed E-state index contributed by atoms with van der Waals surface area (Å²) in [5, 5.41) is 11.1. The second-order valence-electron chi connectivity index (χ2n) is 3.42. The van der Waals surface area contributed by atoms with Gasteiger partial charge >= 0.3 is 0 Å². The molecule has 0 bridgehead atoms. The molecule has 1 N–H and O–H groups in total. The van der Waals surface area contributed by atoms with Crippen molar-refractivity contribution in [2.75, 3.05) is 13.6 Å². The Hall–Kier alpha value is -2.35. The van der Waals surface area contributed by atoms with Crippen LogP contribution in [0.15, 0.2) is 30.3 Å². The Kier molecular flexibility index (Phi) is 4.70. The topological polar surface area (TPSA) is 73.2 Å². The molecule has 0 aliphatic rings. The van der Waals surface area contributed by atoms with Crippen LogP contribution in [0.5, 0.6) is 0 Å². The molecule has 0 saturated heterocycles. The third kappa shape index (κ3) is 3.95. The predicted octanol–water partition coefficient (Wildman–Crippen LogP) is 0.746. The highest BCUT2D eigenvalue weighted by atomic mass is 16.2. The molecule has 5 nitrogen and oxygen atoms in total. The fourth-order valence-corrected chi connectivity index (χ4v) is 1.20. The van der Waals surface area contributed by atoms with Crippen molar-refractivity contribution in [2.24, 2.45) is 0 Å². The average Bonchev–Trinajstić information content (AvgIpc) is 2.38. The van der Waals surface area contributed by atoms with E-state index in [1.54, 1.807) is 30.5 Å². The van der Waals surface area contributed by atoms with Crippen molar-refractivity contribution in [3.63, 3.8) is 0 Å². The lowest BCUT2D eigenvalue weighted by Crippen LogP contribution is -2.29. The molecule has 0 saturated carbocycles. The minimum atomic E-state index is -0.319. The van der Waals surface area contributed by atoms with Gasteiger partial charge in [0.05, 0.1) is 0 Å². The Morgan fingerprint density at radius 3 is 2.59 bits per heavy atom. The maximum Gasteiger partial charge on any atom is 0.251 e. The SMILES string of the molecule is CN(C#N)C(=O)CCNC(=O)c1ccccc1. The number of benzene rings is 1. The molecule has 0 unspecified atom stereocenters. The monoisotopic (exact) mass is 231 g/mol. The van der Waals surface area contributed by atoms with Crippen molar-refractivity contribution in [2.45, 2.75) is 6.42 Å². The fourth-order valence-electron chi connectivity index (χ4n) is 1.20. The molecule has 2 amide bonds. The van der Waals surface area contributed by atoms with Crippen LogP contribution in [0.1, 0.15) is 16.8 Å². The lowest BCUT2D eigenvalue weighted by Gasteiger charge is -2.07. The van der Waals surface area contributed by atoms with Crippen LogP contribution >= 0.6 is 0 Å². The number of hydrogen-bond acceptors (Lipinski definition) is 3. The number of carbonyl (C=O) groups is 2. The summed E-state index contributed by atoms with van der Waals surface area (Å²) < 4.78 is 0. The van der Waals surface area contributed by atoms with Gasteiger partial charge < -0.3 is 5.32 Å². The zero-order valence-electron chi connectivity index (χ0n) is 9.51. The Morgan fingerprint density at radius 1 is 1.35 bits per heavy atom. The van der Waals surface area contributed by atoms with E-state index < -0.39 is 0 Å². The van der Waals surface area contributed by atoms with Gasteiger partial charge in [0.25, 0.3) is 5.91 Å². The second-order valence-corrected chi connectivity index (χ2v) is 3.42. The minimum Gasteiger partial charge on any atom is -0.352 e. The fraction of sp³-hybridized carbons (Fsp3) is 0.250. The number of hydrogen-bond donors (Lipinski definition) is 1. The highest BCUT2D eigenvalue weighted by Gasteiger charge is 2.08. The molecule has 0 heterocycles. The van der Waals surface area contributed by atoms with E-state index in [9.17, 15) is 9.59 Å². The highest BCUT2D eigenvalue weighted by Crippen LogP contribution is 1.97. The van der Waals surface area contributed by atoms with Gasteiger partial charge in [-0.1, -0.05) is 18.2 Å². The first kappa shape index (κ1) is 12.7. The molecule has 88 valence electrons. The van der Waals surface area contributed by atoms with E-state index in [0.29, 0.717) is 5.56 Å². The first-order valence-corrected chi connectivity index (χ1v) is 5.14. The van der Waals surface area contributed by atoms with Crippen LogP contribution in [0.2, 0.25) is 0 Å². The summed E-state index contributed by atoms with van der Waals surface area (Å²) >= 11 is 0. The lowest BCUT2D eigenvalue weighted by molar-refractivity contribution is -0.126. The molecule has 0 aliphatic heterocycles. The van der Waals surface area contributed by atoms with Crippen LogP contribution in [0, 0.1) is 11.5 Å². The summed E-state index contributed by atoms with van der Waals surface area (Å²) in [5.74, 6) is -0.543. The van der Waals surface area contributed by atoms with Gasteiger partial charge in [-0.05, 0) is 12.1 Å². The molecule has 0 aliphatic carbocycles. The molecule has 0 spiro atoms. The van der Waals surface area contributed by atoms with Gasteiger partial charge in [0, 0.05) is 25.6 Å². The van der Waals surface area contributed by atoms with Crippen molar-refractivity contribution in [1.29, 1.82) is 5.26 Å². The van der Waals surface area contributed by atoms with Crippen molar-refractivity contribution >= 4 is 11.8 Å².